The lowest BCUT2D eigenvalue weighted by molar-refractivity contribution is 0.481. The number of nitrogens with one attached hydrogen (secondary N) is 1. The van der Waals surface area contributed by atoms with E-state index in [2.05, 4.69) is 41.5 Å². The second-order valence-electron chi connectivity index (χ2n) is 6.00. The first-order valence-electron chi connectivity index (χ1n) is 8.26. The monoisotopic (exact) mass is 339 g/mol. The highest BCUT2D eigenvalue weighted by atomic mass is 31.2. The molecule has 0 heterocycles. The van der Waals surface area contributed by atoms with Gasteiger partial charge in [-0.05, 0) is 47.7 Å². The van der Waals surface area contributed by atoms with Gasteiger partial charge in [0.1, 0.15) is 0 Å². The van der Waals surface area contributed by atoms with Crippen LogP contribution in [-0.2, 0) is 11.0 Å². The Morgan fingerprint density at radius 1 is 0.833 bits per heavy atom. The molecule has 2 N–H and O–H groups in total. The minimum atomic E-state index is -3.33. The lowest BCUT2D eigenvalue weighted by Crippen LogP contribution is -2.01. The molecule has 0 aliphatic carbocycles. The van der Waals surface area contributed by atoms with E-state index >= 15 is 0 Å². The Morgan fingerprint density at radius 2 is 1.54 bits per heavy atom. The number of fused-ring (bicyclic) bond motifs is 1. The minimum Gasteiger partial charge on any atom is -0.329 e. The molecular weight excluding hydrogens is 317 g/mol. The quantitative estimate of drug-likeness (QED) is 0.444. The van der Waals surface area contributed by atoms with Crippen molar-refractivity contribution in [2.45, 2.75) is 19.3 Å². The van der Waals surface area contributed by atoms with E-state index in [0.717, 1.165) is 19.3 Å². The molecule has 3 aromatic carbocycles. The number of unbranched alkanes of at least 4 members (excludes halogenated alkanes) is 1. The summed E-state index contributed by atoms with van der Waals surface area (Å²) in [4.78, 5) is 10.1. The Labute approximate surface area is 142 Å². The van der Waals surface area contributed by atoms with Gasteiger partial charge >= 0.3 is 0 Å². The van der Waals surface area contributed by atoms with Gasteiger partial charge in [0.15, 0.2) is 0 Å². The summed E-state index contributed by atoms with van der Waals surface area (Å²) in [6.45, 7) is 0. The Bertz CT molecular complexity index is 843. The van der Waals surface area contributed by atoms with E-state index in [1.54, 1.807) is 12.1 Å². The van der Waals surface area contributed by atoms with Crippen molar-refractivity contribution in [2.75, 3.05) is 11.2 Å². The average molecular weight is 339 g/mol. The first-order valence-corrected chi connectivity index (χ1v) is 10.1. The largest absolute Gasteiger partial charge is 0.329 e. The third-order valence-corrected chi connectivity index (χ3v) is 5.64. The summed E-state index contributed by atoms with van der Waals surface area (Å²) in [6, 6.07) is 23.9. The maximum absolute atomic E-state index is 12.3. The summed E-state index contributed by atoms with van der Waals surface area (Å²) in [5.41, 5.74) is 1.99. The van der Waals surface area contributed by atoms with Crippen molar-refractivity contribution < 1.29 is 9.46 Å². The number of hydrogen-bond donors (Lipinski definition) is 2. The molecular formula is C20H22NO2P. The first-order chi connectivity index (χ1) is 11.6. The summed E-state index contributed by atoms with van der Waals surface area (Å²) < 4.78 is 12.3. The van der Waals surface area contributed by atoms with Crippen LogP contribution >= 0.6 is 7.52 Å². The van der Waals surface area contributed by atoms with Gasteiger partial charge in [0.05, 0.1) is 0 Å². The van der Waals surface area contributed by atoms with Crippen LogP contribution in [0.25, 0.3) is 10.8 Å². The molecule has 0 aromatic heterocycles. The summed E-state index contributed by atoms with van der Waals surface area (Å²) >= 11 is 0. The minimum absolute atomic E-state index is 0.284. The predicted molar refractivity (Wildman–Crippen MR) is 102 cm³/mol. The van der Waals surface area contributed by atoms with Crippen LogP contribution in [-0.4, -0.2) is 11.1 Å². The number of anilines is 1. The van der Waals surface area contributed by atoms with E-state index in [0.29, 0.717) is 5.69 Å². The van der Waals surface area contributed by atoms with Crippen LogP contribution in [0.1, 0.15) is 18.4 Å². The van der Waals surface area contributed by atoms with Gasteiger partial charge in [-0.2, -0.15) is 0 Å². The van der Waals surface area contributed by atoms with Crippen molar-refractivity contribution in [3.8, 4) is 0 Å². The SMILES string of the molecule is O=P(O)(CCCCc1cccc2ccccc12)Nc1ccccc1. The van der Waals surface area contributed by atoms with Crippen LogP contribution < -0.4 is 5.09 Å². The maximum Gasteiger partial charge on any atom is 0.291 e. The highest BCUT2D eigenvalue weighted by molar-refractivity contribution is 7.59. The topological polar surface area (TPSA) is 49.3 Å². The van der Waals surface area contributed by atoms with Crippen molar-refractivity contribution in [1.82, 2.24) is 0 Å². The van der Waals surface area contributed by atoms with Crippen molar-refractivity contribution >= 4 is 24.0 Å². The zero-order chi connectivity index (χ0) is 16.8. The predicted octanol–water partition coefficient (Wildman–Crippen LogP) is 5.46. The second kappa shape index (κ2) is 7.65. The zero-order valence-corrected chi connectivity index (χ0v) is 14.5. The normalized spacial score (nSPS) is 13.5. The molecule has 4 heteroatoms. The number of benzene rings is 3. The van der Waals surface area contributed by atoms with Crippen LogP contribution in [0.5, 0.6) is 0 Å². The summed E-state index contributed by atoms with van der Waals surface area (Å²) in [6.07, 6.45) is 2.82. The van der Waals surface area contributed by atoms with Gasteiger partial charge in [0, 0.05) is 11.8 Å². The van der Waals surface area contributed by atoms with E-state index in [1.165, 1.54) is 16.3 Å². The smallest absolute Gasteiger partial charge is 0.291 e. The highest BCUT2D eigenvalue weighted by Gasteiger charge is 2.17. The summed E-state index contributed by atoms with van der Waals surface area (Å²) in [5.74, 6) is 0. The molecule has 0 amide bonds. The molecule has 0 aliphatic rings. The van der Waals surface area contributed by atoms with E-state index in [9.17, 15) is 9.46 Å². The Kier molecular flexibility index (Phi) is 5.34. The first kappa shape index (κ1) is 16.8. The van der Waals surface area contributed by atoms with Crippen LogP contribution in [0.2, 0.25) is 0 Å². The molecule has 3 aromatic rings. The van der Waals surface area contributed by atoms with Crippen LogP contribution in [0, 0.1) is 0 Å². The number of rotatable bonds is 7. The molecule has 0 spiro atoms. The standard InChI is InChI=1S/C20H22NO2P/c22-24(23,21-19-13-2-1-3-14-19)16-7-6-10-18-12-8-11-17-9-4-5-15-20(17)18/h1-5,8-9,11-15H,6-7,10,16H2,(H2,21,22,23). The van der Waals surface area contributed by atoms with Gasteiger partial charge < -0.3 is 9.98 Å². The van der Waals surface area contributed by atoms with Gasteiger partial charge in [0.2, 0.25) is 0 Å². The van der Waals surface area contributed by atoms with Crippen LogP contribution in [0.15, 0.2) is 72.8 Å². The van der Waals surface area contributed by atoms with Gasteiger partial charge in [-0.15, -0.1) is 0 Å². The molecule has 124 valence electrons. The molecule has 0 fully saturated rings. The fourth-order valence-electron chi connectivity index (χ4n) is 2.92. The number of hydrogen-bond acceptors (Lipinski definition) is 1. The van der Waals surface area contributed by atoms with Crippen molar-refractivity contribution in [2.24, 2.45) is 0 Å². The fraction of sp³-hybridized carbons (Fsp3) is 0.200. The number of aryl methyl sites for hydroxylation is 1. The number of para-hydroxylation sites is 1. The molecule has 0 bridgehead atoms. The maximum atomic E-state index is 12.3. The van der Waals surface area contributed by atoms with E-state index in [4.69, 9.17) is 0 Å². The molecule has 1 unspecified atom stereocenters. The Hall–Kier alpha value is -2.09. The Morgan fingerprint density at radius 3 is 2.38 bits per heavy atom. The van der Waals surface area contributed by atoms with Crippen molar-refractivity contribution in [3.63, 3.8) is 0 Å². The van der Waals surface area contributed by atoms with Gasteiger partial charge in [-0.3, -0.25) is 4.57 Å². The van der Waals surface area contributed by atoms with Crippen molar-refractivity contribution in [3.05, 3.63) is 78.4 Å². The van der Waals surface area contributed by atoms with E-state index in [-0.39, 0.29) is 6.16 Å². The fourth-order valence-corrected chi connectivity index (χ4v) is 4.24. The van der Waals surface area contributed by atoms with Gasteiger partial charge in [-0.25, -0.2) is 0 Å². The van der Waals surface area contributed by atoms with Gasteiger partial charge in [0.25, 0.3) is 7.52 Å². The molecule has 24 heavy (non-hydrogen) atoms. The van der Waals surface area contributed by atoms with Gasteiger partial charge in [-0.1, -0.05) is 60.7 Å². The van der Waals surface area contributed by atoms with E-state index in [1.807, 2.05) is 24.3 Å². The second-order valence-corrected chi connectivity index (χ2v) is 8.07. The third kappa shape index (κ3) is 4.47. The van der Waals surface area contributed by atoms with Crippen LogP contribution in [0.4, 0.5) is 5.69 Å². The summed E-state index contributed by atoms with van der Waals surface area (Å²) in [7, 11) is -3.33. The van der Waals surface area contributed by atoms with E-state index < -0.39 is 7.52 Å². The third-order valence-electron chi connectivity index (χ3n) is 4.11. The molecule has 0 saturated carbocycles. The molecule has 1 atom stereocenters. The van der Waals surface area contributed by atoms with Crippen molar-refractivity contribution in [1.29, 1.82) is 0 Å². The Balaban J connectivity index is 1.54. The molecule has 0 radical (unpaired) electrons. The highest BCUT2D eigenvalue weighted by Crippen LogP contribution is 2.41. The zero-order valence-electron chi connectivity index (χ0n) is 13.6. The molecule has 0 saturated heterocycles. The summed E-state index contributed by atoms with van der Waals surface area (Å²) in [5, 5.41) is 5.27. The molecule has 3 nitrogen and oxygen atoms in total. The lowest BCUT2D eigenvalue weighted by atomic mass is 10.0. The molecule has 3 rings (SSSR count). The molecule has 0 aliphatic heterocycles. The van der Waals surface area contributed by atoms with Crippen LogP contribution in [0.3, 0.4) is 0 Å². The lowest BCUT2D eigenvalue weighted by Gasteiger charge is -2.14. The average Bonchev–Trinajstić information content (AvgIpc) is 2.59.